The number of aliphatic hydroxyl groups is 1. The predicted molar refractivity (Wildman–Crippen MR) is 77.5 cm³/mol. The van der Waals surface area contributed by atoms with Crippen LogP contribution in [0.15, 0.2) is 22.2 Å². The number of aliphatic hydroxyl groups excluding tert-OH is 1. The summed E-state index contributed by atoms with van der Waals surface area (Å²) in [7, 11) is 0. The van der Waals surface area contributed by atoms with Gasteiger partial charge in [0, 0.05) is 29.4 Å². The van der Waals surface area contributed by atoms with E-state index in [9.17, 15) is 5.11 Å². The molecular weight excluding hydrogens is 280 g/mol. The fraction of sp³-hybridized carbons (Fsp3) is 0.462. The molecule has 6 heteroatoms. The van der Waals surface area contributed by atoms with Gasteiger partial charge >= 0.3 is 0 Å². The van der Waals surface area contributed by atoms with Crippen LogP contribution in [-0.4, -0.2) is 36.5 Å². The average Bonchev–Trinajstić information content (AvgIpc) is 3.02. The number of hydrogen-bond acceptors (Lipinski definition) is 6. The number of thiophene rings is 1. The topological polar surface area (TPSA) is 54.4 Å². The monoisotopic (exact) mass is 296 g/mol. The molecule has 1 saturated heterocycles. The van der Waals surface area contributed by atoms with E-state index in [1.54, 1.807) is 22.7 Å². The molecular formula is C13H16N2O2S2. The zero-order valence-corrected chi connectivity index (χ0v) is 12.1. The van der Waals surface area contributed by atoms with Crippen LogP contribution in [0.5, 0.6) is 0 Å². The molecule has 0 aromatic carbocycles. The van der Waals surface area contributed by atoms with E-state index < -0.39 is 0 Å². The van der Waals surface area contributed by atoms with Gasteiger partial charge in [0.2, 0.25) is 0 Å². The first-order chi connectivity index (χ1) is 9.31. The molecule has 0 radical (unpaired) electrons. The number of thiazole rings is 1. The molecule has 1 aliphatic heterocycles. The number of nitrogens with zero attached hydrogens (tertiary/aromatic N) is 1. The minimum Gasteiger partial charge on any atom is -0.396 e. The Morgan fingerprint density at radius 3 is 2.95 bits per heavy atom. The zero-order valence-electron chi connectivity index (χ0n) is 10.5. The summed E-state index contributed by atoms with van der Waals surface area (Å²) >= 11 is 3.36. The van der Waals surface area contributed by atoms with Gasteiger partial charge in [0.1, 0.15) is 5.01 Å². The van der Waals surface area contributed by atoms with E-state index in [0.29, 0.717) is 13.2 Å². The Bertz CT molecular complexity index is 515. The number of ether oxygens (including phenoxy) is 1. The summed E-state index contributed by atoms with van der Waals surface area (Å²) in [5, 5.41) is 20.0. The van der Waals surface area contributed by atoms with Crippen LogP contribution in [0.1, 0.15) is 5.69 Å². The largest absolute Gasteiger partial charge is 0.396 e. The molecule has 102 valence electrons. The summed E-state index contributed by atoms with van der Waals surface area (Å²) < 4.78 is 5.17. The highest BCUT2D eigenvalue weighted by atomic mass is 32.1. The minimum atomic E-state index is -0.0772. The molecule has 1 aliphatic rings. The summed E-state index contributed by atoms with van der Waals surface area (Å²) in [6.07, 6.45) is 0. The number of hydrogen-bond donors (Lipinski definition) is 2. The van der Waals surface area contributed by atoms with Gasteiger partial charge in [0.05, 0.1) is 30.9 Å². The van der Waals surface area contributed by atoms with Crippen molar-refractivity contribution in [3.8, 4) is 10.6 Å². The van der Waals surface area contributed by atoms with Crippen molar-refractivity contribution in [1.29, 1.82) is 0 Å². The smallest absolute Gasteiger partial charge is 0.124 e. The van der Waals surface area contributed by atoms with Crippen LogP contribution in [0.4, 0.5) is 0 Å². The van der Waals surface area contributed by atoms with Crippen molar-refractivity contribution in [1.82, 2.24) is 10.3 Å². The number of rotatable bonds is 6. The van der Waals surface area contributed by atoms with Gasteiger partial charge in [-0.15, -0.1) is 11.3 Å². The Balaban J connectivity index is 1.53. The van der Waals surface area contributed by atoms with E-state index >= 15 is 0 Å². The third-order valence-electron chi connectivity index (χ3n) is 3.28. The number of aromatic nitrogens is 1. The molecule has 0 spiro atoms. The SMILES string of the molecule is OCC1(CNCc2csc(-c3ccsc3)n2)COC1. The lowest BCUT2D eigenvalue weighted by atomic mass is 9.87. The van der Waals surface area contributed by atoms with Crippen molar-refractivity contribution in [2.75, 3.05) is 26.4 Å². The lowest BCUT2D eigenvalue weighted by Crippen LogP contribution is -2.52. The van der Waals surface area contributed by atoms with E-state index in [1.807, 2.05) is 0 Å². The highest BCUT2D eigenvalue weighted by Gasteiger charge is 2.37. The molecule has 0 saturated carbocycles. The summed E-state index contributed by atoms with van der Waals surface area (Å²) in [5.74, 6) is 0. The van der Waals surface area contributed by atoms with E-state index in [2.05, 4.69) is 32.5 Å². The fourth-order valence-electron chi connectivity index (χ4n) is 2.00. The Kier molecular flexibility index (Phi) is 3.95. The summed E-state index contributed by atoms with van der Waals surface area (Å²) in [6, 6.07) is 2.09. The summed E-state index contributed by atoms with van der Waals surface area (Å²) in [5.41, 5.74) is 2.17. The molecule has 2 aromatic heterocycles. The second-order valence-electron chi connectivity index (χ2n) is 4.91. The van der Waals surface area contributed by atoms with Crippen LogP contribution in [0.3, 0.4) is 0 Å². The normalized spacial score (nSPS) is 17.3. The predicted octanol–water partition coefficient (Wildman–Crippen LogP) is 1.97. The van der Waals surface area contributed by atoms with Crippen molar-refractivity contribution in [3.05, 3.63) is 27.9 Å². The van der Waals surface area contributed by atoms with Gasteiger partial charge in [0.25, 0.3) is 0 Å². The first-order valence-corrected chi connectivity index (χ1v) is 8.00. The van der Waals surface area contributed by atoms with Crippen LogP contribution in [0.25, 0.3) is 10.6 Å². The van der Waals surface area contributed by atoms with Crippen LogP contribution in [0.2, 0.25) is 0 Å². The maximum atomic E-state index is 9.33. The van der Waals surface area contributed by atoms with Gasteiger partial charge in [-0.3, -0.25) is 0 Å². The van der Waals surface area contributed by atoms with E-state index in [1.165, 1.54) is 5.56 Å². The molecule has 0 atom stereocenters. The van der Waals surface area contributed by atoms with Gasteiger partial charge in [-0.25, -0.2) is 4.98 Å². The van der Waals surface area contributed by atoms with E-state index in [-0.39, 0.29) is 12.0 Å². The summed E-state index contributed by atoms with van der Waals surface area (Å²) in [6.45, 7) is 2.98. The lowest BCUT2D eigenvalue weighted by molar-refractivity contribution is -0.134. The zero-order chi connectivity index (χ0) is 13.1. The van der Waals surface area contributed by atoms with Crippen molar-refractivity contribution >= 4 is 22.7 Å². The fourth-order valence-corrected chi connectivity index (χ4v) is 3.53. The van der Waals surface area contributed by atoms with Crippen LogP contribution >= 0.6 is 22.7 Å². The molecule has 3 heterocycles. The molecule has 4 nitrogen and oxygen atoms in total. The number of nitrogens with one attached hydrogen (secondary N) is 1. The molecule has 0 amide bonds. The second kappa shape index (κ2) is 5.68. The molecule has 3 rings (SSSR count). The Morgan fingerprint density at radius 2 is 2.32 bits per heavy atom. The van der Waals surface area contributed by atoms with Gasteiger partial charge in [-0.1, -0.05) is 0 Å². The van der Waals surface area contributed by atoms with Crippen LogP contribution < -0.4 is 5.32 Å². The quantitative estimate of drug-likeness (QED) is 0.856. The molecule has 0 aliphatic carbocycles. The Morgan fingerprint density at radius 1 is 1.42 bits per heavy atom. The second-order valence-corrected chi connectivity index (χ2v) is 6.55. The van der Waals surface area contributed by atoms with Gasteiger partial charge in [-0.2, -0.15) is 11.3 Å². The Labute approximate surface area is 120 Å². The highest BCUT2D eigenvalue weighted by Crippen LogP contribution is 2.27. The van der Waals surface area contributed by atoms with Crippen molar-refractivity contribution in [3.63, 3.8) is 0 Å². The maximum absolute atomic E-state index is 9.33. The molecule has 2 aromatic rings. The van der Waals surface area contributed by atoms with Gasteiger partial charge in [-0.05, 0) is 11.4 Å². The minimum absolute atomic E-state index is 0.0772. The average molecular weight is 296 g/mol. The first-order valence-electron chi connectivity index (χ1n) is 6.18. The van der Waals surface area contributed by atoms with Crippen LogP contribution in [-0.2, 0) is 11.3 Å². The van der Waals surface area contributed by atoms with Gasteiger partial charge < -0.3 is 15.2 Å². The highest BCUT2D eigenvalue weighted by molar-refractivity contribution is 7.14. The van der Waals surface area contributed by atoms with Crippen molar-refractivity contribution < 1.29 is 9.84 Å². The molecule has 19 heavy (non-hydrogen) atoms. The maximum Gasteiger partial charge on any atom is 0.124 e. The van der Waals surface area contributed by atoms with Crippen molar-refractivity contribution in [2.24, 2.45) is 5.41 Å². The third-order valence-corrected chi connectivity index (χ3v) is 4.90. The molecule has 2 N–H and O–H groups in total. The van der Waals surface area contributed by atoms with Crippen molar-refractivity contribution in [2.45, 2.75) is 6.54 Å². The van der Waals surface area contributed by atoms with Gasteiger partial charge in [0.15, 0.2) is 0 Å². The van der Waals surface area contributed by atoms with Crippen LogP contribution in [0, 0.1) is 5.41 Å². The molecule has 1 fully saturated rings. The van der Waals surface area contributed by atoms with E-state index in [0.717, 1.165) is 23.8 Å². The first kappa shape index (κ1) is 13.2. The standard InChI is InChI=1S/C13H16N2O2S2/c16-7-13(8-17-9-13)6-14-3-11-5-19-12(15-11)10-1-2-18-4-10/h1-2,4-5,14,16H,3,6-9H2. The summed E-state index contributed by atoms with van der Waals surface area (Å²) in [4.78, 5) is 4.61. The lowest BCUT2D eigenvalue weighted by Gasteiger charge is -2.39. The van der Waals surface area contributed by atoms with E-state index in [4.69, 9.17) is 4.74 Å². The third kappa shape index (κ3) is 2.88. The molecule has 0 bridgehead atoms. The molecule has 0 unspecified atom stereocenters. The Hall–Kier alpha value is -0.790.